The Labute approximate surface area is 196 Å². The summed E-state index contributed by atoms with van der Waals surface area (Å²) in [6.07, 6.45) is 6.99. The lowest BCUT2D eigenvalue weighted by atomic mass is 10.1. The summed E-state index contributed by atoms with van der Waals surface area (Å²) in [5.74, 6) is 0.307. The molecule has 0 aliphatic heterocycles. The van der Waals surface area contributed by atoms with Crippen molar-refractivity contribution in [2.75, 3.05) is 11.9 Å². The first kappa shape index (κ1) is 23.3. The maximum Gasteiger partial charge on any atom is 0.274 e. The van der Waals surface area contributed by atoms with Crippen molar-refractivity contribution in [1.82, 2.24) is 24.5 Å². The van der Waals surface area contributed by atoms with Gasteiger partial charge in [0.05, 0.1) is 12.1 Å². The number of rotatable bonds is 9. The number of hydrogen-bond acceptors (Lipinski definition) is 7. The van der Waals surface area contributed by atoms with Gasteiger partial charge in [-0.1, -0.05) is 23.7 Å². The van der Waals surface area contributed by atoms with Gasteiger partial charge in [0.25, 0.3) is 10.2 Å². The van der Waals surface area contributed by atoms with Crippen LogP contribution in [0.25, 0.3) is 0 Å². The smallest absolute Gasteiger partial charge is 0.274 e. The van der Waals surface area contributed by atoms with Gasteiger partial charge in [-0.3, -0.25) is 9.48 Å². The zero-order valence-corrected chi connectivity index (χ0v) is 19.3. The molecule has 0 amide bonds. The topological polar surface area (TPSA) is 145 Å². The molecule has 0 spiro atoms. The maximum absolute atomic E-state index is 13.1. The number of aromatic nitrogens is 4. The van der Waals surface area contributed by atoms with E-state index in [0.29, 0.717) is 22.9 Å². The minimum Gasteiger partial charge on any atom is -0.367 e. The average molecular weight is 490 g/mol. The Morgan fingerprint density at radius 3 is 2.91 bits per heavy atom. The molecule has 1 aliphatic rings. The monoisotopic (exact) mass is 489 g/mol. The SMILES string of the molecule is NS(=O)(=O)NCC1CCC(Nc2ncncc2C(=O)c2ccn(Cc3cccc(Cl)c3)n2)C1. The first-order valence-corrected chi connectivity index (χ1v) is 12.4. The molecule has 0 radical (unpaired) electrons. The van der Waals surface area contributed by atoms with E-state index >= 15 is 0 Å². The number of halogens is 1. The summed E-state index contributed by atoms with van der Waals surface area (Å²) in [4.78, 5) is 21.4. The Morgan fingerprint density at radius 1 is 1.27 bits per heavy atom. The molecular weight excluding hydrogens is 466 g/mol. The van der Waals surface area contributed by atoms with Crippen molar-refractivity contribution in [3.8, 4) is 0 Å². The van der Waals surface area contributed by atoms with Crippen molar-refractivity contribution in [2.24, 2.45) is 11.1 Å². The van der Waals surface area contributed by atoms with Crippen molar-refractivity contribution < 1.29 is 13.2 Å². The van der Waals surface area contributed by atoms with Gasteiger partial charge in [-0.05, 0) is 48.9 Å². The summed E-state index contributed by atoms with van der Waals surface area (Å²) in [5.41, 5.74) is 1.59. The van der Waals surface area contributed by atoms with Crippen LogP contribution in [0.1, 0.15) is 40.9 Å². The molecule has 4 N–H and O–H groups in total. The second-order valence-corrected chi connectivity index (χ2v) is 9.87. The van der Waals surface area contributed by atoms with E-state index in [1.54, 1.807) is 23.0 Å². The molecule has 2 heterocycles. The molecule has 4 rings (SSSR count). The van der Waals surface area contributed by atoms with Crippen LogP contribution in [0.4, 0.5) is 5.82 Å². The van der Waals surface area contributed by atoms with Gasteiger partial charge >= 0.3 is 0 Å². The number of ketones is 1. The number of nitrogens with one attached hydrogen (secondary N) is 2. The second-order valence-electron chi connectivity index (χ2n) is 8.06. The van der Waals surface area contributed by atoms with Gasteiger partial charge in [-0.2, -0.15) is 13.5 Å². The Morgan fingerprint density at radius 2 is 2.12 bits per heavy atom. The third kappa shape index (κ3) is 6.35. The third-order valence-corrected chi connectivity index (χ3v) is 6.32. The van der Waals surface area contributed by atoms with Gasteiger partial charge in [0, 0.05) is 30.0 Å². The van der Waals surface area contributed by atoms with E-state index in [-0.39, 0.29) is 30.0 Å². The predicted molar refractivity (Wildman–Crippen MR) is 124 cm³/mol. The van der Waals surface area contributed by atoms with E-state index in [2.05, 4.69) is 25.1 Å². The third-order valence-electron chi connectivity index (χ3n) is 5.52. The molecule has 12 heteroatoms. The minimum absolute atomic E-state index is 0.0547. The lowest BCUT2D eigenvalue weighted by molar-refractivity contribution is 0.103. The van der Waals surface area contributed by atoms with Crippen LogP contribution < -0.4 is 15.2 Å². The molecule has 10 nitrogen and oxygen atoms in total. The highest BCUT2D eigenvalue weighted by atomic mass is 35.5. The number of carbonyl (C=O) groups excluding carboxylic acids is 1. The summed E-state index contributed by atoms with van der Waals surface area (Å²) in [5, 5.41) is 13.4. The van der Waals surface area contributed by atoms with Crippen LogP contribution in [-0.4, -0.2) is 46.5 Å². The van der Waals surface area contributed by atoms with Gasteiger partial charge < -0.3 is 5.32 Å². The summed E-state index contributed by atoms with van der Waals surface area (Å²) in [6.45, 7) is 0.775. The summed E-state index contributed by atoms with van der Waals surface area (Å²) in [7, 11) is -3.71. The van der Waals surface area contributed by atoms with Gasteiger partial charge in [-0.15, -0.1) is 0 Å². The van der Waals surface area contributed by atoms with E-state index in [0.717, 1.165) is 24.8 Å². The van der Waals surface area contributed by atoms with Crippen molar-refractivity contribution in [3.05, 3.63) is 70.9 Å². The first-order chi connectivity index (χ1) is 15.8. The molecule has 0 saturated heterocycles. The van der Waals surface area contributed by atoms with Crippen LogP contribution >= 0.6 is 11.6 Å². The molecule has 174 valence electrons. The van der Waals surface area contributed by atoms with Gasteiger partial charge in [0.1, 0.15) is 17.8 Å². The highest BCUT2D eigenvalue weighted by Crippen LogP contribution is 2.28. The normalized spacial score (nSPS) is 18.4. The van der Waals surface area contributed by atoms with Crippen LogP contribution in [0.3, 0.4) is 0 Å². The van der Waals surface area contributed by atoms with Crippen LogP contribution in [0.5, 0.6) is 0 Å². The number of carbonyl (C=O) groups is 1. The molecule has 2 atom stereocenters. The largest absolute Gasteiger partial charge is 0.367 e. The van der Waals surface area contributed by atoms with E-state index in [1.807, 2.05) is 18.2 Å². The molecule has 1 saturated carbocycles. The first-order valence-electron chi connectivity index (χ1n) is 10.4. The second kappa shape index (κ2) is 9.96. The number of nitrogens with two attached hydrogens (primary N) is 1. The highest BCUT2D eigenvalue weighted by Gasteiger charge is 2.27. The molecule has 2 unspecified atom stereocenters. The maximum atomic E-state index is 13.1. The predicted octanol–water partition coefficient (Wildman–Crippen LogP) is 1.98. The number of anilines is 1. The molecule has 2 aromatic heterocycles. The molecule has 0 bridgehead atoms. The Bertz CT molecular complexity index is 1250. The number of nitrogens with zero attached hydrogens (tertiary/aromatic N) is 4. The minimum atomic E-state index is -3.71. The fraction of sp³-hybridized carbons (Fsp3) is 0.333. The van der Waals surface area contributed by atoms with Crippen molar-refractivity contribution >= 4 is 33.4 Å². The molecule has 3 aromatic rings. The Hall–Kier alpha value is -2.86. The quantitative estimate of drug-likeness (QED) is 0.389. The zero-order valence-electron chi connectivity index (χ0n) is 17.7. The molecule has 1 fully saturated rings. The zero-order chi connectivity index (χ0) is 23.4. The molecular formula is C21H24ClN7O3S. The van der Waals surface area contributed by atoms with Crippen LogP contribution in [0, 0.1) is 5.92 Å². The average Bonchev–Trinajstić information content (AvgIpc) is 3.41. The summed E-state index contributed by atoms with van der Waals surface area (Å²) < 4.78 is 26.3. The Balaban J connectivity index is 1.42. The molecule has 1 aliphatic carbocycles. The van der Waals surface area contributed by atoms with E-state index in [9.17, 15) is 13.2 Å². The fourth-order valence-corrected chi connectivity index (χ4v) is 4.64. The number of hydrogen-bond donors (Lipinski definition) is 3. The van der Waals surface area contributed by atoms with Crippen LogP contribution in [0.2, 0.25) is 5.02 Å². The van der Waals surface area contributed by atoms with Gasteiger partial charge in [-0.25, -0.2) is 19.8 Å². The highest BCUT2D eigenvalue weighted by molar-refractivity contribution is 7.87. The lowest BCUT2D eigenvalue weighted by Gasteiger charge is -2.16. The Kier molecular flexibility index (Phi) is 7.03. The molecule has 33 heavy (non-hydrogen) atoms. The molecule has 1 aromatic carbocycles. The van der Waals surface area contributed by atoms with E-state index in [1.165, 1.54) is 12.5 Å². The van der Waals surface area contributed by atoms with Gasteiger partial charge in [0.2, 0.25) is 5.78 Å². The lowest BCUT2D eigenvalue weighted by Crippen LogP contribution is -2.34. The van der Waals surface area contributed by atoms with Crippen molar-refractivity contribution in [1.29, 1.82) is 0 Å². The van der Waals surface area contributed by atoms with Crippen LogP contribution in [0.15, 0.2) is 49.1 Å². The van der Waals surface area contributed by atoms with E-state index in [4.69, 9.17) is 16.7 Å². The van der Waals surface area contributed by atoms with Crippen LogP contribution in [-0.2, 0) is 16.8 Å². The van der Waals surface area contributed by atoms with E-state index < -0.39 is 10.2 Å². The number of benzene rings is 1. The summed E-state index contributed by atoms with van der Waals surface area (Å²) in [6, 6.07) is 9.18. The van der Waals surface area contributed by atoms with Crippen molar-refractivity contribution in [2.45, 2.75) is 31.8 Å². The standard InChI is InChI=1S/C21H24ClN7O3S/c22-16-3-1-2-15(8-16)12-29-7-6-19(28-29)20(30)18-11-24-13-25-21(18)27-17-5-4-14(9-17)10-26-33(23,31)32/h1-3,6-8,11,13-14,17,26H,4-5,9-10,12H2,(H2,23,31,32)(H,24,25,27). The summed E-state index contributed by atoms with van der Waals surface area (Å²) >= 11 is 6.04. The van der Waals surface area contributed by atoms with Gasteiger partial charge in [0.15, 0.2) is 0 Å². The fourth-order valence-electron chi connectivity index (χ4n) is 3.96. The van der Waals surface area contributed by atoms with Crippen molar-refractivity contribution in [3.63, 3.8) is 0 Å².